The molecular formula is C14H6F12NNaO9S. The molecule has 1 rings (SSSR count). The fourth-order valence-corrected chi connectivity index (χ4v) is 2.76. The normalized spacial score (nSPS) is 16.2. The first kappa shape index (κ1) is 35.9. The van der Waals surface area contributed by atoms with Crippen LogP contribution in [0.4, 0.5) is 52.7 Å². The Kier molecular flexibility index (Phi) is 9.88. The van der Waals surface area contributed by atoms with Gasteiger partial charge in [-0.1, -0.05) is 5.06 Å². The second-order valence-corrected chi connectivity index (χ2v) is 8.09. The fraction of sp³-hybridized carbons (Fsp3) is 0.571. The smallest absolute Gasteiger partial charge is 0.744 e. The van der Waals surface area contributed by atoms with Crippen LogP contribution in [0.1, 0.15) is 12.8 Å². The molecule has 1 aliphatic heterocycles. The molecule has 24 heteroatoms. The Morgan fingerprint density at radius 1 is 0.868 bits per heavy atom. The molecular weight excluding hydrogens is 609 g/mol. The third-order valence-corrected chi connectivity index (χ3v) is 5.09. The van der Waals surface area contributed by atoms with Gasteiger partial charge in [0.05, 0.1) is 6.42 Å². The van der Waals surface area contributed by atoms with Crippen LogP contribution in [0.3, 0.4) is 0 Å². The third-order valence-electron chi connectivity index (χ3n) is 4.26. The fourth-order valence-electron chi connectivity index (χ4n) is 2.22. The summed E-state index contributed by atoms with van der Waals surface area (Å²) in [6.45, 7) is 0. The Bertz CT molecular complexity index is 1160. The molecule has 2 amide bonds. The number of hydrogen-bond donors (Lipinski definition) is 1. The summed E-state index contributed by atoms with van der Waals surface area (Å²) in [7, 11) is -5.68. The van der Waals surface area contributed by atoms with Gasteiger partial charge < -0.3 is 14.5 Å². The van der Waals surface area contributed by atoms with Gasteiger partial charge in [-0.05, 0) is 0 Å². The number of rotatable bonds is 11. The SMILES string of the molecule is O=C(CCC(F)(F)C(F)(F)C(F)(F)C(F)(F)C(F)(F)C(F)(F)C(=O)O)ON1C(=O)C=C(S(=O)(=O)[O-])C1=O.[Na+]. The second kappa shape index (κ2) is 10.5. The van der Waals surface area contributed by atoms with E-state index in [1.807, 2.05) is 0 Å². The summed E-state index contributed by atoms with van der Waals surface area (Å²) in [5.41, 5.74) is 0. The van der Waals surface area contributed by atoms with Crippen molar-refractivity contribution < 1.29 is 124 Å². The summed E-state index contributed by atoms with van der Waals surface area (Å²) in [6.07, 6.45) is -5.65. The van der Waals surface area contributed by atoms with Crippen LogP contribution in [0.25, 0.3) is 0 Å². The number of carboxylic acid groups (broad SMARTS) is 1. The Balaban J connectivity index is 0.0000137. The minimum absolute atomic E-state index is 0. The van der Waals surface area contributed by atoms with Crippen molar-refractivity contribution in [2.75, 3.05) is 0 Å². The number of hydrogen-bond acceptors (Lipinski definition) is 8. The summed E-state index contributed by atoms with van der Waals surface area (Å²) in [4.78, 5) is 46.1. The molecule has 0 aromatic carbocycles. The number of alkyl halides is 12. The van der Waals surface area contributed by atoms with Crippen LogP contribution in [0.15, 0.2) is 11.0 Å². The zero-order valence-electron chi connectivity index (χ0n) is 17.6. The molecule has 0 atom stereocenters. The largest absolute Gasteiger partial charge is 1.00 e. The average Bonchev–Trinajstić information content (AvgIpc) is 3.00. The van der Waals surface area contributed by atoms with Gasteiger partial charge in [0, 0.05) is 12.5 Å². The van der Waals surface area contributed by atoms with E-state index in [2.05, 4.69) is 4.84 Å². The number of amides is 2. The second-order valence-electron chi connectivity index (χ2n) is 6.75. The van der Waals surface area contributed by atoms with Gasteiger partial charge in [-0.15, -0.1) is 0 Å². The van der Waals surface area contributed by atoms with E-state index >= 15 is 0 Å². The van der Waals surface area contributed by atoms with Gasteiger partial charge in [-0.2, -0.15) is 52.7 Å². The van der Waals surface area contributed by atoms with Gasteiger partial charge in [0.2, 0.25) is 0 Å². The Hall–Kier alpha value is -2.11. The maximum Gasteiger partial charge on any atom is 1.00 e. The molecule has 0 fully saturated rings. The summed E-state index contributed by atoms with van der Waals surface area (Å²) in [5.74, 6) is -56.6. The molecule has 1 heterocycles. The molecule has 212 valence electrons. The van der Waals surface area contributed by atoms with Gasteiger partial charge in [0.25, 0.3) is 5.91 Å². The molecule has 0 aromatic heterocycles. The number of imide groups is 1. The predicted octanol–water partition coefficient (Wildman–Crippen LogP) is -1.08. The molecule has 0 unspecified atom stereocenters. The van der Waals surface area contributed by atoms with E-state index in [1.54, 1.807) is 0 Å². The topological polar surface area (TPSA) is 158 Å². The van der Waals surface area contributed by atoms with Gasteiger partial charge in [0.15, 0.2) is 0 Å². The molecule has 0 radical (unpaired) electrons. The van der Waals surface area contributed by atoms with E-state index < -0.39 is 92.2 Å². The van der Waals surface area contributed by atoms with Crippen LogP contribution in [0.5, 0.6) is 0 Å². The first-order chi connectivity index (χ1) is 16.1. The van der Waals surface area contributed by atoms with Crippen LogP contribution in [-0.2, 0) is 34.1 Å². The van der Waals surface area contributed by atoms with Crippen molar-refractivity contribution in [2.45, 2.75) is 48.4 Å². The number of carboxylic acids is 1. The predicted molar refractivity (Wildman–Crippen MR) is 82.3 cm³/mol. The van der Waals surface area contributed by atoms with Crippen LogP contribution in [0, 0.1) is 0 Å². The third kappa shape index (κ3) is 5.60. The van der Waals surface area contributed by atoms with E-state index in [9.17, 15) is 84.8 Å². The first-order valence-electron chi connectivity index (χ1n) is 8.38. The van der Waals surface area contributed by atoms with Crippen molar-refractivity contribution in [2.24, 2.45) is 0 Å². The number of carbonyl (C=O) groups excluding carboxylic acids is 3. The number of aliphatic carboxylic acids is 1. The maximum atomic E-state index is 13.7. The molecule has 0 aromatic rings. The summed E-state index contributed by atoms with van der Waals surface area (Å²) in [6, 6.07) is 0. The van der Waals surface area contributed by atoms with Crippen LogP contribution in [0.2, 0.25) is 0 Å². The van der Waals surface area contributed by atoms with Crippen LogP contribution in [-0.4, -0.2) is 82.4 Å². The molecule has 0 spiro atoms. The summed E-state index contributed by atoms with van der Waals surface area (Å²) >= 11 is 0. The summed E-state index contributed by atoms with van der Waals surface area (Å²) < 4.78 is 193. The molecule has 0 aliphatic carbocycles. The van der Waals surface area contributed by atoms with E-state index in [4.69, 9.17) is 5.11 Å². The van der Waals surface area contributed by atoms with Crippen LogP contribution >= 0.6 is 0 Å². The van der Waals surface area contributed by atoms with E-state index in [0.717, 1.165) is 0 Å². The minimum Gasteiger partial charge on any atom is -0.744 e. The van der Waals surface area contributed by atoms with Gasteiger partial charge >= 0.3 is 82.9 Å². The molecule has 1 aliphatic rings. The zero-order valence-corrected chi connectivity index (χ0v) is 20.4. The van der Waals surface area contributed by atoms with E-state index in [-0.39, 0.29) is 35.6 Å². The maximum absolute atomic E-state index is 13.7. The molecule has 0 saturated heterocycles. The molecule has 38 heavy (non-hydrogen) atoms. The van der Waals surface area contributed by atoms with Gasteiger partial charge in [-0.3, -0.25) is 9.59 Å². The Labute approximate surface area is 222 Å². The zero-order chi connectivity index (χ0) is 29.8. The average molecular weight is 615 g/mol. The first-order valence-corrected chi connectivity index (χ1v) is 9.79. The van der Waals surface area contributed by atoms with Gasteiger partial charge in [0.1, 0.15) is 15.0 Å². The Morgan fingerprint density at radius 3 is 1.66 bits per heavy atom. The number of halogens is 12. The van der Waals surface area contributed by atoms with Crippen LogP contribution < -0.4 is 29.6 Å². The Morgan fingerprint density at radius 2 is 1.29 bits per heavy atom. The molecule has 10 nitrogen and oxygen atoms in total. The van der Waals surface area contributed by atoms with Crippen molar-refractivity contribution in [1.29, 1.82) is 0 Å². The standard InChI is InChI=1S/C14H7F12NO9S.Na/c15-9(16,2-1-6(29)36-27-5(28)3-4(7(27)30)37(33,34)35)11(19,20)13(23,24)14(25,26)12(21,22)10(17,18)8(31)32;/h3H,1-2H2,(H,31,32)(H,33,34,35);/q;+1/p-1. The van der Waals surface area contributed by atoms with E-state index in [1.165, 1.54) is 0 Å². The van der Waals surface area contributed by atoms with Gasteiger partial charge in [-0.25, -0.2) is 18.0 Å². The van der Waals surface area contributed by atoms with Crippen molar-refractivity contribution >= 4 is 33.9 Å². The quantitative estimate of drug-likeness (QED) is 0.132. The van der Waals surface area contributed by atoms with Crippen molar-refractivity contribution in [1.82, 2.24) is 5.06 Å². The van der Waals surface area contributed by atoms with Crippen molar-refractivity contribution in [3.8, 4) is 0 Å². The molecule has 0 bridgehead atoms. The van der Waals surface area contributed by atoms with E-state index in [0.29, 0.717) is 0 Å². The number of nitrogens with zero attached hydrogens (tertiary/aromatic N) is 1. The van der Waals surface area contributed by atoms with Crippen molar-refractivity contribution in [3.05, 3.63) is 11.0 Å². The molecule has 1 N–H and O–H groups in total. The molecule has 0 saturated carbocycles. The monoisotopic (exact) mass is 615 g/mol. The summed E-state index contributed by atoms with van der Waals surface area (Å²) in [5, 5.41) is 6.93. The minimum atomic E-state index is -8.17. The number of carbonyl (C=O) groups is 4. The number of hydroxylamine groups is 2. The van der Waals surface area contributed by atoms with Crippen molar-refractivity contribution in [3.63, 3.8) is 0 Å².